The zero-order valence-corrected chi connectivity index (χ0v) is 14.9. The van der Waals surface area contributed by atoms with Gasteiger partial charge in [-0.1, -0.05) is 0 Å². The van der Waals surface area contributed by atoms with Gasteiger partial charge >= 0.3 is 17.6 Å². The van der Waals surface area contributed by atoms with E-state index in [1.54, 1.807) is 12.1 Å². The highest BCUT2D eigenvalue weighted by Crippen LogP contribution is 2.29. The third-order valence-corrected chi connectivity index (χ3v) is 4.58. The molecule has 0 bridgehead atoms. The van der Waals surface area contributed by atoms with Crippen molar-refractivity contribution in [2.24, 2.45) is 0 Å². The third-order valence-electron chi connectivity index (χ3n) is 4.58. The van der Waals surface area contributed by atoms with Crippen molar-refractivity contribution in [3.63, 3.8) is 0 Å². The van der Waals surface area contributed by atoms with Gasteiger partial charge in [0.05, 0.1) is 6.42 Å². The van der Waals surface area contributed by atoms with Gasteiger partial charge in [0.1, 0.15) is 17.4 Å². The first-order valence-corrected chi connectivity index (χ1v) is 8.80. The average Bonchev–Trinajstić information content (AvgIpc) is 2.65. The number of carboxylic acid groups (broad SMARTS) is 2. The van der Waals surface area contributed by atoms with Gasteiger partial charge in [-0.25, -0.2) is 9.59 Å². The molecule has 0 saturated carbocycles. The van der Waals surface area contributed by atoms with Crippen LogP contribution in [0.25, 0.3) is 11.0 Å². The van der Waals surface area contributed by atoms with Crippen molar-refractivity contribution in [2.45, 2.75) is 38.1 Å². The maximum atomic E-state index is 12.2. The number of carbonyl (C=O) groups is 3. The van der Waals surface area contributed by atoms with E-state index in [0.29, 0.717) is 17.6 Å². The van der Waals surface area contributed by atoms with Crippen LogP contribution < -0.4 is 15.7 Å². The molecule has 9 heteroatoms. The Bertz CT molecular complexity index is 993. The summed E-state index contributed by atoms with van der Waals surface area (Å²) in [4.78, 5) is 45.6. The lowest BCUT2D eigenvalue weighted by atomic mass is 9.91. The van der Waals surface area contributed by atoms with Gasteiger partial charge in [-0.05, 0) is 43.4 Å². The summed E-state index contributed by atoms with van der Waals surface area (Å²) in [6, 6.07) is 3.36. The number of ether oxygens (including phenoxy) is 1. The van der Waals surface area contributed by atoms with E-state index >= 15 is 0 Å². The fraction of sp³-hybridized carbons (Fsp3) is 0.368. The first-order valence-electron chi connectivity index (χ1n) is 8.80. The molecule has 1 aliphatic rings. The number of rotatable bonds is 7. The molecule has 1 amide bonds. The zero-order valence-electron chi connectivity index (χ0n) is 14.9. The van der Waals surface area contributed by atoms with E-state index < -0.39 is 36.9 Å². The Morgan fingerprint density at radius 3 is 2.54 bits per heavy atom. The Morgan fingerprint density at radius 1 is 1.14 bits per heavy atom. The van der Waals surface area contributed by atoms with E-state index in [1.807, 2.05) is 0 Å². The van der Waals surface area contributed by atoms with Crippen LogP contribution in [0.2, 0.25) is 0 Å². The molecular formula is C19H19NO8. The maximum Gasteiger partial charge on any atom is 0.339 e. The molecule has 1 aliphatic carbocycles. The number of fused-ring (bicyclic) bond motifs is 3. The fourth-order valence-electron chi connectivity index (χ4n) is 3.28. The Hall–Kier alpha value is -3.36. The molecule has 3 N–H and O–H groups in total. The van der Waals surface area contributed by atoms with Gasteiger partial charge in [-0.3, -0.25) is 9.59 Å². The first kappa shape index (κ1) is 19.4. The number of hydrogen-bond acceptors (Lipinski definition) is 6. The predicted octanol–water partition coefficient (Wildman–Crippen LogP) is 1.09. The summed E-state index contributed by atoms with van der Waals surface area (Å²) in [5, 5.41) is 20.5. The number of carbonyl (C=O) groups excluding carboxylic acids is 1. The van der Waals surface area contributed by atoms with Crippen LogP contribution in [-0.2, 0) is 27.2 Å². The smallest absolute Gasteiger partial charge is 0.339 e. The number of aryl methyl sites for hydroxylation is 1. The minimum Gasteiger partial charge on any atom is -0.484 e. The van der Waals surface area contributed by atoms with Crippen LogP contribution in [0.3, 0.4) is 0 Å². The second-order valence-corrected chi connectivity index (χ2v) is 6.56. The topological polar surface area (TPSA) is 143 Å². The number of aliphatic carboxylic acids is 2. The van der Waals surface area contributed by atoms with Gasteiger partial charge in [-0.2, -0.15) is 0 Å². The summed E-state index contributed by atoms with van der Waals surface area (Å²) in [5.74, 6) is -3.30. The van der Waals surface area contributed by atoms with Crippen LogP contribution in [0.15, 0.2) is 27.4 Å². The molecule has 0 aliphatic heterocycles. The van der Waals surface area contributed by atoms with E-state index in [4.69, 9.17) is 19.4 Å². The summed E-state index contributed by atoms with van der Waals surface area (Å²) in [5.41, 5.74) is 1.69. The number of carboxylic acids is 2. The molecule has 0 unspecified atom stereocenters. The number of hydrogen-bond donors (Lipinski definition) is 3. The third kappa shape index (κ3) is 4.30. The largest absolute Gasteiger partial charge is 0.484 e. The van der Waals surface area contributed by atoms with Crippen LogP contribution in [-0.4, -0.2) is 40.7 Å². The van der Waals surface area contributed by atoms with Crippen LogP contribution in [0.1, 0.15) is 30.4 Å². The predicted molar refractivity (Wildman–Crippen MR) is 96.4 cm³/mol. The molecule has 2 aromatic rings. The molecule has 1 atom stereocenters. The van der Waals surface area contributed by atoms with Gasteiger partial charge in [0, 0.05) is 17.0 Å². The van der Waals surface area contributed by atoms with E-state index in [1.165, 1.54) is 6.07 Å². The maximum absolute atomic E-state index is 12.2. The molecule has 9 nitrogen and oxygen atoms in total. The SMILES string of the molecule is O=C(O)C[C@H](NC(=O)COc1ccc2c3c(c(=O)oc2c1)CCCC3)C(=O)O. The van der Waals surface area contributed by atoms with Crippen molar-refractivity contribution in [2.75, 3.05) is 6.61 Å². The second kappa shape index (κ2) is 8.12. The minimum atomic E-state index is -1.55. The molecule has 28 heavy (non-hydrogen) atoms. The van der Waals surface area contributed by atoms with Gasteiger partial charge in [-0.15, -0.1) is 0 Å². The fourth-order valence-corrected chi connectivity index (χ4v) is 3.28. The Balaban J connectivity index is 1.71. The Labute approximate surface area is 158 Å². The van der Waals surface area contributed by atoms with E-state index in [2.05, 4.69) is 5.32 Å². The molecule has 1 aromatic heterocycles. The van der Waals surface area contributed by atoms with Crippen molar-refractivity contribution >= 4 is 28.8 Å². The highest BCUT2D eigenvalue weighted by Gasteiger charge is 2.23. The lowest BCUT2D eigenvalue weighted by Crippen LogP contribution is -2.44. The average molecular weight is 389 g/mol. The van der Waals surface area contributed by atoms with E-state index in [-0.39, 0.29) is 11.4 Å². The molecule has 0 saturated heterocycles. The first-order chi connectivity index (χ1) is 13.3. The van der Waals surface area contributed by atoms with Crippen molar-refractivity contribution in [1.29, 1.82) is 0 Å². The van der Waals surface area contributed by atoms with Gasteiger partial charge in [0.25, 0.3) is 5.91 Å². The summed E-state index contributed by atoms with van der Waals surface area (Å²) in [6.07, 6.45) is 2.73. The normalized spacial score (nSPS) is 14.1. The Morgan fingerprint density at radius 2 is 1.86 bits per heavy atom. The van der Waals surface area contributed by atoms with Crippen molar-refractivity contribution in [3.8, 4) is 5.75 Å². The van der Waals surface area contributed by atoms with Gasteiger partial charge in [0.2, 0.25) is 0 Å². The summed E-state index contributed by atoms with van der Waals surface area (Å²) < 4.78 is 10.7. The standard InChI is InChI=1S/C19H19NO8/c21-16(20-14(18(24)25)8-17(22)23)9-27-10-5-6-12-11-3-1-2-4-13(11)19(26)28-15(12)7-10/h5-7,14H,1-4,8-9H2,(H,20,21)(H,22,23)(H,24,25)/t14-/m0/s1. The zero-order chi connectivity index (χ0) is 20.3. The quantitative estimate of drug-likeness (QED) is 0.597. The number of amides is 1. The van der Waals surface area contributed by atoms with Crippen LogP contribution in [0.4, 0.5) is 0 Å². The van der Waals surface area contributed by atoms with Crippen LogP contribution in [0.5, 0.6) is 5.75 Å². The molecule has 0 fully saturated rings. The summed E-state index contributed by atoms with van der Waals surface area (Å²) in [7, 11) is 0. The number of benzene rings is 1. The molecule has 1 aromatic carbocycles. The van der Waals surface area contributed by atoms with Crippen molar-refractivity contribution < 1.29 is 33.8 Å². The molecule has 148 valence electrons. The second-order valence-electron chi connectivity index (χ2n) is 6.56. The van der Waals surface area contributed by atoms with E-state index in [0.717, 1.165) is 30.2 Å². The molecular weight excluding hydrogens is 370 g/mol. The Kier molecular flexibility index (Phi) is 5.62. The van der Waals surface area contributed by atoms with Crippen LogP contribution in [0, 0.1) is 0 Å². The monoisotopic (exact) mass is 389 g/mol. The highest BCUT2D eigenvalue weighted by atomic mass is 16.5. The molecule has 0 radical (unpaired) electrons. The molecule has 0 spiro atoms. The van der Waals surface area contributed by atoms with Gasteiger partial charge in [0.15, 0.2) is 6.61 Å². The highest BCUT2D eigenvalue weighted by molar-refractivity contribution is 5.87. The van der Waals surface area contributed by atoms with Gasteiger partial charge < -0.3 is 24.7 Å². The minimum absolute atomic E-state index is 0.270. The van der Waals surface area contributed by atoms with Crippen molar-refractivity contribution in [3.05, 3.63) is 39.7 Å². The van der Waals surface area contributed by atoms with E-state index in [9.17, 15) is 19.2 Å². The lowest BCUT2D eigenvalue weighted by Gasteiger charge is -2.16. The van der Waals surface area contributed by atoms with Crippen molar-refractivity contribution in [1.82, 2.24) is 5.32 Å². The number of nitrogens with one attached hydrogen (secondary N) is 1. The molecule has 1 heterocycles. The molecule has 3 rings (SSSR count). The van der Waals surface area contributed by atoms with Crippen LogP contribution >= 0.6 is 0 Å². The summed E-state index contributed by atoms with van der Waals surface area (Å²) in [6.45, 7) is -0.510. The lowest BCUT2D eigenvalue weighted by molar-refractivity contribution is -0.147. The summed E-state index contributed by atoms with van der Waals surface area (Å²) >= 11 is 0.